The van der Waals surface area contributed by atoms with E-state index < -0.39 is 15.3 Å². The number of benzene rings is 1. The van der Waals surface area contributed by atoms with Crippen molar-refractivity contribution in [1.29, 1.82) is 0 Å². The third-order valence-corrected chi connectivity index (χ3v) is 4.50. The van der Waals surface area contributed by atoms with Gasteiger partial charge in [-0.3, -0.25) is 4.79 Å². The van der Waals surface area contributed by atoms with Crippen molar-refractivity contribution in [2.75, 3.05) is 6.26 Å². The fraction of sp³-hybridized carbons (Fsp3) is 0.467. The van der Waals surface area contributed by atoms with Crippen molar-refractivity contribution in [3.8, 4) is 0 Å². The van der Waals surface area contributed by atoms with E-state index in [1.165, 1.54) is 11.3 Å². The standard InChI is InChI=1S/C15H20N2O3S/c1-15(2,3)14(18)17-13(9-10-16-17)11-5-7-12(8-6-11)21(4,19)20/h5-8,10,13H,9H2,1-4H3. The second-order valence-corrected chi connectivity index (χ2v) is 8.31. The average molecular weight is 308 g/mol. The van der Waals surface area contributed by atoms with Crippen LogP contribution in [0.25, 0.3) is 0 Å². The molecule has 0 N–H and O–H groups in total. The SMILES string of the molecule is CC(C)(C)C(=O)N1N=CCC1c1ccc(S(C)(=O)=O)cc1. The maximum atomic E-state index is 12.4. The molecule has 0 bridgehead atoms. The maximum absolute atomic E-state index is 12.4. The molecule has 0 saturated carbocycles. The Morgan fingerprint density at radius 2 is 1.81 bits per heavy atom. The number of carbonyl (C=O) groups excluding carboxylic acids is 1. The zero-order valence-corrected chi connectivity index (χ0v) is 13.5. The van der Waals surface area contributed by atoms with E-state index >= 15 is 0 Å². The summed E-state index contributed by atoms with van der Waals surface area (Å²) in [7, 11) is -3.21. The van der Waals surface area contributed by atoms with Crippen LogP contribution in [-0.2, 0) is 14.6 Å². The number of hydrogen-bond acceptors (Lipinski definition) is 4. The van der Waals surface area contributed by atoms with Crippen molar-refractivity contribution >= 4 is 22.0 Å². The average Bonchev–Trinajstić information content (AvgIpc) is 2.84. The molecule has 1 heterocycles. The van der Waals surface area contributed by atoms with Crippen molar-refractivity contribution in [3.05, 3.63) is 29.8 Å². The van der Waals surface area contributed by atoms with Gasteiger partial charge in [-0.2, -0.15) is 5.10 Å². The van der Waals surface area contributed by atoms with Gasteiger partial charge < -0.3 is 0 Å². The molecule has 0 aromatic heterocycles. The molecule has 5 nitrogen and oxygen atoms in total. The maximum Gasteiger partial charge on any atom is 0.248 e. The number of hydrogen-bond donors (Lipinski definition) is 0. The third kappa shape index (κ3) is 3.32. The Morgan fingerprint density at radius 1 is 1.24 bits per heavy atom. The quantitative estimate of drug-likeness (QED) is 0.842. The zero-order chi connectivity index (χ0) is 15.8. The highest BCUT2D eigenvalue weighted by Gasteiger charge is 2.34. The number of carbonyl (C=O) groups is 1. The van der Waals surface area contributed by atoms with Gasteiger partial charge in [-0.05, 0) is 17.7 Å². The lowest BCUT2D eigenvalue weighted by atomic mass is 9.94. The van der Waals surface area contributed by atoms with Crippen LogP contribution in [0.2, 0.25) is 0 Å². The first-order chi connectivity index (χ1) is 9.60. The molecule has 1 unspecified atom stereocenters. The fourth-order valence-electron chi connectivity index (χ4n) is 2.17. The van der Waals surface area contributed by atoms with Gasteiger partial charge in [0.15, 0.2) is 9.84 Å². The molecular formula is C15H20N2O3S. The Hall–Kier alpha value is -1.69. The Labute approximate surface area is 125 Å². The number of rotatable bonds is 2. The molecule has 0 spiro atoms. The Morgan fingerprint density at radius 3 is 2.29 bits per heavy atom. The van der Waals surface area contributed by atoms with E-state index in [0.717, 1.165) is 5.56 Å². The topological polar surface area (TPSA) is 66.8 Å². The van der Waals surface area contributed by atoms with Gasteiger partial charge in [-0.25, -0.2) is 13.4 Å². The molecular weight excluding hydrogens is 288 g/mol. The van der Waals surface area contributed by atoms with Crippen LogP contribution in [-0.4, -0.2) is 31.8 Å². The summed E-state index contributed by atoms with van der Waals surface area (Å²) in [4.78, 5) is 12.7. The Balaban J connectivity index is 2.28. The van der Waals surface area contributed by atoms with E-state index in [0.29, 0.717) is 6.42 Å². The van der Waals surface area contributed by atoms with Crippen LogP contribution in [0.1, 0.15) is 38.8 Å². The molecule has 0 radical (unpaired) electrons. The summed E-state index contributed by atoms with van der Waals surface area (Å²) in [6.07, 6.45) is 3.54. The summed E-state index contributed by atoms with van der Waals surface area (Å²) in [6.45, 7) is 5.56. The summed E-state index contributed by atoms with van der Waals surface area (Å²) in [6, 6.07) is 6.48. The lowest BCUT2D eigenvalue weighted by Crippen LogP contribution is -2.36. The highest BCUT2D eigenvalue weighted by atomic mass is 32.2. The highest BCUT2D eigenvalue weighted by molar-refractivity contribution is 7.90. The van der Waals surface area contributed by atoms with Crippen LogP contribution >= 0.6 is 0 Å². The fourth-order valence-corrected chi connectivity index (χ4v) is 2.80. The minimum absolute atomic E-state index is 0.0477. The number of nitrogens with zero attached hydrogens (tertiary/aromatic N) is 2. The van der Waals surface area contributed by atoms with Gasteiger partial charge in [0.25, 0.3) is 0 Å². The monoisotopic (exact) mass is 308 g/mol. The van der Waals surface area contributed by atoms with E-state index in [2.05, 4.69) is 5.10 Å². The van der Waals surface area contributed by atoms with E-state index in [-0.39, 0.29) is 16.8 Å². The second kappa shape index (κ2) is 5.26. The summed E-state index contributed by atoms with van der Waals surface area (Å²) in [5, 5.41) is 5.67. The molecule has 1 aliphatic heterocycles. The molecule has 1 aromatic carbocycles. The molecule has 0 saturated heterocycles. The van der Waals surface area contributed by atoms with Gasteiger partial charge in [-0.1, -0.05) is 32.9 Å². The van der Waals surface area contributed by atoms with Crippen molar-refractivity contribution in [1.82, 2.24) is 5.01 Å². The number of amides is 1. The number of hydrazone groups is 1. The first-order valence-electron chi connectivity index (χ1n) is 6.77. The van der Waals surface area contributed by atoms with Gasteiger partial charge in [0.1, 0.15) is 0 Å². The minimum Gasteiger partial charge on any atom is -0.272 e. The summed E-state index contributed by atoms with van der Waals surface area (Å²) in [5.74, 6) is -0.0477. The van der Waals surface area contributed by atoms with Gasteiger partial charge in [0, 0.05) is 24.3 Å². The van der Waals surface area contributed by atoms with E-state index in [1.807, 2.05) is 20.8 Å². The smallest absolute Gasteiger partial charge is 0.248 e. The summed E-state index contributed by atoms with van der Waals surface area (Å²) in [5.41, 5.74) is 0.379. The predicted octanol–water partition coefficient (Wildman–Crippen LogP) is 2.40. The van der Waals surface area contributed by atoms with E-state index in [4.69, 9.17) is 0 Å². The van der Waals surface area contributed by atoms with Crippen LogP contribution in [0, 0.1) is 5.41 Å². The first-order valence-corrected chi connectivity index (χ1v) is 8.66. The zero-order valence-electron chi connectivity index (χ0n) is 12.7. The van der Waals surface area contributed by atoms with Gasteiger partial charge in [-0.15, -0.1) is 0 Å². The Kier molecular flexibility index (Phi) is 3.93. The van der Waals surface area contributed by atoms with Crippen LogP contribution in [0.4, 0.5) is 0 Å². The van der Waals surface area contributed by atoms with E-state index in [9.17, 15) is 13.2 Å². The first kappa shape index (κ1) is 15.7. The van der Waals surface area contributed by atoms with Crippen LogP contribution in [0.3, 0.4) is 0 Å². The summed E-state index contributed by atoms with van der Waals surface area (Å²) < 4.78 is 23.0. The van der Waals surface area contributed by atoms with Crippen LogP contribution in [0.15, 0.2) is 34.3 Å². The molecule has 21 heavy (non-hydrogen) atoms. The molecule has 2 rings (SSSR count). The lowest BCUT2D eigenvalue weighted by molar-refractivity contribution is -0.141. The normalized spacial score (nSPS) is 19.0. The van der Waals surface area contributed by atoms with Crippen LogP contribution < -0.4 is 0 Å². The van der Waals surface area contributed by atoms with Crippen molar-refractivity contribution in [2.24, 2.45) is 10.5 Å². The molecule has 6 heteroatoms. The van der Waals surface area contributed by atoms with Crippen molar-refractivity contribution in [3.63, 3.8) is 0 Å². The molecule has 1 amide bonds. The summed E-state index contributed by atoms with van der Waals surface area (Å²) >= 11 is 0. The van der Waals surface area contributed by atoms with Crippen LogP contribution in [0.5, 0.6) is 0 Å². The number of sulfone groups is 1. The highest BCUT2D eigenvalue weighted by Crippen LogP contribution is 2.32. The molecule has 114 valence electrons. The molecule has 1 aromatic rings. The van der Waals surface area contributed by atoms with Gasteiger partial charge in [0.2, 0.25) is 5.91 Å². The Bertz CT molecular complexity index is 670. The largest absolute Gasteiger partial charge is 0.272 e. The third-order valence-electron chi connectivity index (χ3n) is 3.37. The second-order valence-electron chi connectivity index (χ2n) is 6.29. The predicted molar refractivity (Wildman–Crippen MR) is 81.7 cm³/mol. The minimum atomic E-state index is -3.21. The van der Waals surface area contributed by atoms with Crippen molar-refractivity contribution in [2.45, 2.75) is 38.1 Å². The van der Waals surface area contributed by atoms with Gasteiger partial charge >= 0.3 is 0 Å². The van der Waals surface area contributed by atoms with E-state index in [1.54, 1.807) is 30.5 Å². The molecule has 0 fully saturated rings. The van der Waals surface area contributed by atoms with Gasteiger partial charge in [0.05, 0.1) is 10.9 Å². The molecule has 1 aliphatic rings. The molecule has 0 aliphatic carbocycles. The van der Waals surface area contributed by atoms with Crippen molar-refractivity contribution < 1.29 is 13.2 Å². The molecule has 1 atom stereocenters. The lowest BCUT2D eigenvalue weighted by Gasteiger charge is -2.28.